The lowest BCUT2D eigenvalue weighted by molar-refractivity contribution is 0.185. The van der Waals surface area contributed by atoms with Crippen molar-refractivity contribution in [1.82, 2.24) is 25.4 Å². The standard InChI is InChI=1S/C26H24FN5O6S3/c1-37-14-16-6-8-17(9-7-16)18-10-11-21-22(12-18)39-26(29-21)24(25-31-30-23(38-25)13-28-32-40(33)34)41(35,36)15-19-4-2-3-5-20(19)27/h2-12,24,28,32H,13-15H2,1H3,(H,33,34). The molecule has 11 nitrogen and oxygen atoms in total. The molecule has 2 unspecified atom stereocenters. The summed E-state index contributed by atoms with van der Waals surface area (Å²) in [5.74, 6) is -1.57. The second kappa shape index (κ2) is 12.6. The Balaban J connectivity index is 1.52. The number of nitrogens with zero attached hydrogens (tertiary/aromatic N) is 3. The Bertz CT molecular complexity index is 1790. The summed E-state index contributed by atoms with van der Waals surface area (Å²) < 4.78 is 73.2. The van der Waals surface area contributed by atoms with E-state index in [9.17, 15) is 17.0 Å². The van der Waals surface area contributed by atoms with Gasteiger partial charge in [-0.3, -0.25) is 4.55 Å². The number of hydrazine groups is 1. The minimum absolute atomic E-state index is 0.00570. The number of rotatable bonds is 12. The fourth-order valence-electron chi connectivity index (χ4n) is 4.14. The number of fused-ring (bicyclic) bond motifs is 1. The summed E-state index contributed by atoms with van der Waals surface area (Å²) in [5.41, 5.74) is 5.91. The summed E-state index contributed by atoms with van der Waals surface area (Å²) >= 11 is -1.17. The maximum atomic E-state index is 14.4. The van der Waals surface area contributed by atoms with Crippen LogP contribution < -0.4 is 10.3 Å². The van der Waals surface area contributed by atoms with Crippen LogP contribution in [0.1, 0.15) is 33.2 Å². The summed E-state index contributed by atoms with van der Waals surface area (Å²) in [7, 11) is -2.53. The number of sulfone groups is 1. The molecule has 0 amide bonds. The van der Waals surface area contributed by atoms with Crippen LogP contribution in [0.3, 0.4) is 0 Å². The smallest absolute Gasteiger partial charge is 0.245 e. The van der Waals surface area contributed by atoms with Gasteiger partial charge in [-0.05, 0) is 34.9 Å². The molecule has 214 valence electrons. The highest BCUT2D eigenvalue weighted by atomic mass is 32.2. The molecule has 0 saturated carbocycles. The van der Waals surface area contributed by atoms with Crippen LogP contribution in [0.15, 0.2) is 71.1 Å². The van der Waals surface area contributed by atoms with Gasteiger partial charge >= 0.3 is 0 Å². The molecule has 0 bridgehead atoms. The predicted octanol–water partition coefficient (Wildman–Crippen LogP) is 4.07. The Morgan fingerprint density at radius 1 is 1.10 bits per heavy atom. The lowest BCUT2D eigenvalue weighted by Crippen LogP contribution is -2.32. The van der Waals surface area contributed by atoms with Crippen LogP contribution in [0.25, 0.3) is 21.3 Å². The van der Waals surface area contributed by atoms with E-state index < -0.39 is 37.9 Å². The van der Waals surface area contributed by atoms with Crippen molar-refractivity contribution in [3.8, 4) is 11.1 Å². The molecule has 2 heterocycles. The third kappa shape index (κ3) is 6.90. The topological polar surface area (TPSA) is 157 Å². The van der Waals surface area contributed by atoms with E-state index in [0.29, 0.717) is 12.1 Å². The number of methoxy groups -OCH3 is 1. The summed E-state index contributed by atoms with van der Waals surface area (Å²) in [5, 5.41) is 6.50. The van der Waals surface area contributed by atoms with Crippen LogP contribution in [-0.2, 0) is 44.7 Å². The lowest BCUT2D eigenvalue weighted by atomic mass is 10.0. The summed E-state index contributed by atoms with van der Waals surface area (Å²) in [4.78, 5) is 6.64. The zero-order valence-corrected chi connectivity index (χ0v) is 23.9. The summed E-state index contributed by atoms with van der Waals surface area (Å²) in [6.45, 7) is 0.344. The Morgan fingerprint density at radius 3 is 2.59 bits per heavy atom. The SMILES string of the molecule is COCc1ccc(-c2ccc3nc(C(c4nnc(CNNS(=O)O)o4)S(=O)(=O)Cc4ccccc4F)sc3c2)cc1. The van der Waals surface area contributed by atoms with Crippen LogP contribution in [-0.4, -0.2) is 39.5 Å². The van der Waals surface area contributed by atoms with Gasteiger partial charge in [0, 0.05) is 12.7 Å². The first-order valence-electron chi connectivity index (χ1n) is 12.1. The molecule has 0 radical (unpaired) electrons. The number of ether oxygens (including phenoxy) is 1. The average molecular weight is 618 g/mol. The summed E-state index contributed by atoms with van der Waals surface area (Å²) in [6.07, 6.45) is 0. The number of hydrogen-bond acceptors (Lipinski definition) is 10. The van der Waals surface area contributed by atoms with Gasteiger partial charge in [-0.2, -0.15) is 4.83 Å². The largest absolute Gasteiger partial charge is 0.422 e. The number of halogens is 1. The van der Waals surface area contributed by atoms with Crippen molar-refractivity contribution in [2.75, 3.05) is 7.11 Å². The van der Waals surface area contributed by atoms with Gasteiger partial charge in [0.25, 0.3) is 0 Å². The van der Waals surface area contributed by atoms with Crippen LogP contribution >= 0.6 is 11.3 Å². The minimum Gasteiger partial charge on any atom is -0.422 e. The van der Waals surface area contributed by atoms with Crippen LogP contribution in [0, 0.1) is 5.82 Å². The molecular weight excluding hydrogens is 594 g/mol. The van der Waals surface area contributed by atoms with Gasteiger partial charge < -0.3 is 9.15 Å². The van der Waals surface area contributed by atoms with Gasteiger partial charge in [0.15, 0.2) is 15.1 Å². The molecule has 5 rings (SSSR count). The van der Waals surface area contributed by atoms with E-state index >= 15 is 0 Å². The molecule has 0 aliphatic carbocycles. The molecule has 2 atom stereocenters. The Hall–Kier alpha value is -3.44. The highest BCUT2D eigenvalue weighted by molar-refractivity contribution is 7.91. The number of nitrogens with one attached hydrogen (secondary N) is 2. The van der Waals surface area contributed by atoms with Gasteiger partial charge in [0.2, 0.25) is 23.0 Å². The molecule has 0 aliphatic rings. The second-order valence-electron chi connectivity index (χ2n) is 8.88. The lowest BCUT2D eigenvalue weighted by Gasteiger charge is -2.12. The van der Waals surface area contributed by atoms with Crippen LogP contribution in [0.4, 0.5) is 4.39 Å². The van der Waals surface area contributed by atoms with Crippen molar-refractivity contribution in [1.29, 1.82) is 0 Å². The van der Waals surface area contributed by atoms with Crippen LogP contribution in [0.2, 0.25) is 0 Å². The third-order valence-electron chi connectivity index (χ3n) is 6.01. The first kappa shape index (κ1) is 29.1. The van der Waals surface area contributed by atoms with Gasteiger partial charge in [-0.1, -0.05) is 48.5 Å². The molecule has 0 aliphatic heterocycles. The van der Waals surface area contributed by atoms with E-state index in [1.54, 1.807) is 19.2 Å². The Labute approximate surface area is 241 Å². The molecule has 15 heteroatoms. The highest BCUT2D eigenvalue weighted by Gasteiger charge is 2.37. The fourth-order valence-corrected chi connectivity index (χ4v) is 7.50. The van der Waals surface area contributed by atoms with Gasteiger partial charge in [0.1, 0.15) is 10.8 Å². The molecule has 0 fully saturated rings. The first-order valence-corrected chi connectivity index (χ1v) is 15.7. The van der Waals surface area contributed by atoms with Gasteiger partial charge in [-0.25, -0.2) is 27.4 Å². The monoisotopic (exact) mass is 617 g/mol. The average Bonchev–Trinajstić information content (AvgIpc) is 3.57. The molecule has 41 heavy (non-hydrogen) atoms. The number of benzene rings is 3. The Morgan fingerprint density at radius 2 is 1.85 bits per heavy atom. The molecule has 5 aromatic rings. The predicted molar refractivity (Wildman–Crippen MR) is 152 cm³/mol. The fraction of sp³-hybridized carbons (Fsp3) is 0.192. The van der Waals surface area contributed by atoms with Crippen molar-refractivity contribution >= 4 is 42.7 Å². The number of thiazole rings is 1. The third-order valence-corrected chi connectivity index (χ3v) is 9.41. The van der Waals surface area contributed by atoms with Crippen molar-refractivity contribution in [3.05, 3.63) is 100 Å². The first-order chi connectivity index (χ1) is 19.7. The van der Waals surface area contributed by atoms with Crippen molar-refractivity contribution < 1.29 is 30.7 Å². The maximum absolute atomic E-state index is 14.4. The van der Waals surface area contributed by atoms with Crippen LogP contribution in [0.5, 0.6) is 0 Å². The van der Waals surface area contributed by atoms with Crippen molar-refractivity contribution in [3.63, 3.8) is 0 Å². The number of hydrogen-bond donors (Lipinski definition) is 3. The zero-order chi connectivity index (χ0) is 29.0. The molecule has 0 saturated heterocycles. The van der Waals surface area contributed by atoms with E-state index in [4.69, 9.17) is 13.7 Å². The van der Waals surface area contributed by atoms with Crippen molar-refractivity contribution in [2.24, 2.45) is 0 Å². The van der Waals surface area contributed by atoms with E-state index in [2.05, 4.69) is 25.4 Å². The zero-order valence-electron chi connectivity index (χ0n) is 21.5. The normalized spacial score (nSPS) is 13.4. The molecule has 3 N–H and O–H groups in total. The number of aromatic nitrogens is 3. The van der Waals surface area contributed by atoms with E-state index in [0.717, 1.165) is 32.7 Å². The highest BCUT2D eigenvalue weighted by Crippen LogP contribution is 2.38. The van der Waals surface area contributed by atoms with E-state index in [1.807, 2.05) is 36.4 Å². The van der Waals surface area contributed by atoms with Gasteiger partial charge in [-0.15, -0.1) is 21.5 Å². The second-order valence-corrected chi connectivity index (χ2v) is 12.7. The summed E-state index contributed by atoms with van der Waals surface area (Å²) in [6, 6.07) is 19.2. The van der Waals surface area contributed by atoms with Crippen molar-refractivity contribution in [2.45, 2.75) is 24.2 Å². The minimum atomic E-state index is -4.17. The van der Waals surface area contributed by atoms with E-state index in [-0.39, 0.29) is 28.9 Å². The molecule has 0 spiro atoms. The molecular formula is C26H24FN5O6S3. The Kier molecular flexibility index (Phi) is 8.94. The molecule has 3 aromatic carbocycles. The van der Waals surface area contributed by atoms with E-state index in [1.165, 1.54) is 18.2 Å². The molecule has 2 aromatic heterocycles. The quantitative estimate of drug-likeness (QED) is 0.138. The van der Waals surface area contributed by atoms with Gasteiger partial charge in [0.05, 0.1) is 29.1 Å². The maximum Gasteiger partial charge on any atom is 0.245 e.